The third kappa shape index (κ3) is 2.60. The number of aromatic nitrogens is 4. The molecule has 1 saturated carbocycles. The van der Waals surface area contributed by atoms with Crippen LogP contribution >= 0.6 is 11.8 Å². The van der Waals surface area contributed by atoms with Crippen LogP contribution in [0.1, 0.15) is 25.7 Å². The van der Waals surface area contributed by atoms with Gasteiger partial charge in [-0.05, 0) is 25.5 Å². The molecule has 102 valence electrons. The van der Waals surface area contributed by atoms with Gasteiger partial charge in [0, 0.05) is 11.3 Å². The normalized spacial score (nSPS) is 23.6. The minimum atomic E-state index is 0.263. The van der Waals surface area contributed by atoms with Crippen LogP contribution in [0.15, 0.2) is 6.33 Å². The highest BCUT2D eigenvalue weighted by molar-refractivity contribution is 7.99. The van der Waals surface area contributed by atoms with Gasteiger partial charge in [-0.3, -0.25) is 0 Å². The predicted molar refractivity (Wildman–Crippen MR) is 79.3 cm³/mol. The van der Waals surface area contributed by atoms with E-state index in [1.54, 1.807) is 6.33 Å². The number of hydrogen-bond donors (Lipinski definition) is 3. The van der Waals surface area contributed by atoms with Crippen LogP contribution in [0.2, 0.25) is 0 Å². The summed E-state index contributed by atoms with van der Waals surface area (Å²) in [4.78, 5) is 15.6. The largest absolute Gasteiger partial charge is 0.368 e. The number of rotatable bonds is 3. The fourth-order valence-corrected chi connectivity index (χ4v) is 3.47. The standard InChI is InChI=1S/C12H18N6S/c1-19-8-4-2-3-7(5-8)16-11-9-10(15-6-14-9)17-12(13)18-11/h6-8H,2-5H2,1H3,(H4,13,14,15,16,17,18). The Labute approximate surface area is 116 Å². The van der Waals surface area contributed by atoms with Crippen LogP contribution < -0.4 is 11.1 Å². The summed E-state index contributed by atoms with van der Waals surface area (Å²) < 4.78 is 0. The van der Waals surface area contributed by atoms with E-state index in [1.807, 2.05) is 11.8 Å². The van der Waals surface area contributed by atoms with Crippen molar-refractivity contribution < 1.29 is 0 Å². The summed E-state index contributed by atoms with van der Waals surface area (Å²) in [7, 11) is 0. The fourth-order valence-electron chi connectivity index (χ4n) is 2.64. The first kappa shape index (κ1) is 12.5. The Kier molecular flexibility index (Phi) is 3.46. The zero-order valence-corrected chi connectivity index (χ0v) is 11.7. The van der Waals surface area contributed by atoms with Gasteiger partial charge >= 0.3 is 0 Å². The lowest BCUT2D eigenvalue weighted by atomic mass is 9.95. The summed E-state index contributed by atoms with van der Waals surface area (Å²) in [5.74, 6) is 1.03. The van der Waals surface area contributed by atoms with E-state index in [0.29, 0.717) is 11.7 Å². The summed E-state index contributed by atoms with van der Waals surface area (Å²) in [6, 6.07) is 0.451. The number of thioether (sulfide) groups is 1. The summed E-state index contributed by atoms with van der Waals surface area (Å²) in [6.45, 7) is 0. The molecule has 19 heavy (non-hydrogen) atoms. The van der Waals surface area contributed by atoms with Gasteiger partial charge in [0.15, 0.2) is 11.5 Å². The minimum absolute atomic E-state index is 0.263. The van der Waals surface area contributed by atoms with Gasteiger partial charge in [0.1, 0.15) is 5.52 Å². The molecule has 2 unspecified atom stereocenters. The van der Waals surface area contributed by atoms with Crippen LogP contribution in [0.25, 0.3) is 11.2 Å². The highest BCUT2D eigenvalue weighted by Crippen LogP contribution is 2.29. The number of H-pyrrole nitrogens is 1. The van der Waals surface area contributed by atoms with E-state index in [0.717, 1.165) is 16.6 Å². The van der Waals surface area contributed by atoms with E-state index in [4.69, 9.17) is 5.73 Å². The molecule has 0 saturated heterocycles. The number of fused-ring (bicyclic) bond motifs is 1. The maximum Gasteiger partial charge on any atom is 0.224 e. The Balaban J connectivity index is 1.82. The summed E-state index contributed by atoms with van der Waals surface area (Å²) in [6.07, 6.45) is 8.72. The van der Waals surface area contributed by atoms with E-state index in [1.165, 1.54) is 25.7 Å². The lowest BCUT2D eigenvalue weighted by Gasteiger charge is -2.29. The van der Waals surface area contributed by atoms with Gasteiger partial charge in [-0.15, -0.1) is 0 Å². The van der Waals surface area contributed by atoms with Crippen molar-refractivity contribution >= 4 is 34.7 Å². The second kappa shape index (κ2) is 5.24. The lowest BCUT2D eigenvalue weighted by Crippen LogP contribution is -2.29. The molecule has 1 aliphatic rings. The maximum absolute atomic E-state index is 5.72. The molecule has 2 heterocycles. The molecule has 0 bridgehead atoms. The fraction of sp³-hybridized carbons (Fsp3) is 0.583. The van der Waals surface area contributed by atoms with Crippen molar-refractivity contribution in [3.63, 3.8) is 0 Å². The van der Waals surface area contributed by atoms with Gasteiger partial charge in [0.25, 0.3) is 0 Å². The number of nitrogens with one attached hydrogen (secondary N) is 2. The first-order valence-electron chi connectivity index (χ1n) is 6.52. The topological polar surface area (TPSA) is 92.5 Å². The third-order valence-corrected chi connectivity index (χ3v) is 4.70. The van der Waals surface area contributed by atoms with Crippen molar-refractivity contribution in [3.8, 4) is 0 Å². The average Bonchev–Trinajstić information content (AvgIpc) is 2.87. The smallest absolute Gasteiger partial charge is 0.224 e. The molecule has 1 fully saturated rings. The van der Waals surface area contributed by atoms with Gasteiger partial charge in [-0.2, -0.15) is 21.7 Å². The first-order chi connectivity index (χ1) is 9.26. The predicted octanol–water partition coefficient (Wildman–Crippen LogP) is 2.02. The molecule has 2 aromatic heterocycles. The number of nitrogens with two attached hydrogens (primary N) is 1. The summed E-state index contributed by atoms with van der Waals surface area (Å²) in [5.41, 5.74) is 7.17. The van der Waals surface area contributed by atoms with Crippen LogP contribution in [0.3, 0.4) is 0 Å². The van der Waals surface area contributed by atoms with Crippen LogP contribution in [0.4, 0.5) is 11.8 Å². The molecule has 0 aliphatic heterocycles. The van der Waals surface area contributed by atoms with Crippen molar-refractivity contribution in [1.29, 1.82) is 0 Å². The number of hydrogen-bond acceptors (Lipinski definition) is 6. The van der Waals surface area contributed by atoms with Crippen LogP contribution in [0.5, 0.6) is 0 Å². The zero-order chi connectivity index (χ0) is 13.2. The maximum atomic E-state index is 5.72. The highest BCUT2D eigenvalue weighted by Gasteiger charge is 2.22. The van der Waals surface area contributed by atoms with Crippen LogP contribution in [-0.4, -0.2) is 37.5 Å². The van der Waals surface area contributed by atoms with Gasteiger partial charge in [-0.25, -0.2) is 4.98 Å². The van der Waals surface area contributed by atoms with Gasteiger partial charge in [0.2, 0.25) is 5.95 Å². The Morgan fingerprint density at radius 3 is 3.16 bits per heavy atom. The number of imidazole rings is 1. The van der Waals surface area contributed by atoms with Gasteiger partial charge in [0.05, 0.1) is 6.33 Å². The second-order valence-electron chi connectivity index (χ2n) is 4.90. The Hall–Kier alpha value is -1.50. The molecule has 0 amide bonds. The third-order valence-electron chi connectivity index (χ3n) is 3.60. The number of anilines is 2. The molecule has 7 heteroatoms. The summed E-state index contributed by atoms with van der Waals surface area (Å²) in [5, 5.41) is 4.24. The minimum Gasteiger partial charge on any atom is -0.368 e. The highest BCUT2D eigenvalue weighted by atomic mass is 32.2. The SMILES string of the molecule is CSC1CCCC(Nc2nc(N)nc3nc[nH]c23)C1. The van der Waals surface area contributed by atoms with E-state index >= 15 is 0 Å². The van der Waals surface area contributed by atoms with Crippen molar-refractivity contribution in [3.05, 3.63) is 6.33 Å². The molecular weight excluding hydrogens is 260 g/mol. The number of nitrogens with zero attached hydrogens (tertiary/aromatic N) is 3. The molecule has 2 atom stereocenters. The number of aromatic amines is 1. The van der Waals surface area contributed by atoms with Crippen molar-refractivity contribution in [2.75, 3.05) is 17.3 Å². The van der Waals surface area contributed by atoms with E-state index in [9.17, 15) is 0 Å². The average molecular weight is 278 g/mol. The van der Waals surface area contributed by atoms with E-state index in [2.05, 4.69) is 31.5 Å². The van der Waals surface area contributed by atoms with Crippen molar-refractivity contribution in [2.45, 2.75) is 37.0 Å². The molecule has 3 rings (SSSR count). The number of nitrogen functional groups attached to an aromatic ring is 1. The Morgan fingerprint density at radius 2 is 2.32 bits per heavy atom. The lowest BCUT2D eigenvalue weighted by molar-refractivity contribution is 0.473. The van der Waals surface area contributed by atoms with Gasteiger partial charge in [-0.1, -0.05) is 6.42 Å². The Morgan fingerprint density at radius 1 is 1.42 bits per heavy atom. The molecule has 6 nitrogen and oxygen atoms in total. The van der Waals surface area contributed by atoms with Crippen LogP contribution in [0, 0.1) is 0 Å². The van der Waals surface area contributed by atoms with Gasteiger partial charge < -0.3 is 16.0 Å². The molecule has 1 aliphatic carbocycles. The molecule has 0 aromatic carbocycles. The molecule has 0 spiro atoms. The monoisotopic (exact) mass is 278 g/mol. The molecular formula is C12H18N6S. The Bertz CT molecular complexity index is 568. The van der Waals surface area contributed by atoms with E-state index in [-0.39, 0.29) is 5.95 Å². The second-order valence-corrected chi connectivity index (χ2v) is 6.04. The summed E-state index contributed by atoms with van der Waals surface area (Å²) >= 11 is 1.95. The zero-order valence-electron chi connectivity index (χ0n) is 10.9. The van der Waals surface area contributed by atoms with E-state index < -0.39 is 0 Å². The van der Waals surface area contributed by atoms with Crippen molar-refractivity contribution in [1.82, 2.24) is 19.9 Å². The van der Waals surface area contributed by atoms with Crippen molar-refractivity contribution in [2.24, 2.45) is 0 Å². The first-order valence-corrected chi connectivity index (χ1v) is 7.81. The molecule has 2 aromatic rings. The molecule has 4 N–H and O–H groups in total. The quantitative estimate of drug-likeness (QED) is 0.795. The molecule has 0 radical (unpaired) electrons. The van der Waals surface area contributed by atoms with Crippen LogP contribution in [-0.2, 0) is 0 Å².